The van der Waals surface area contributed by atoms with Crippen LogP contribution >= 0.6 is 0 Å². The average molecular weight is 401 g/mol. The first kappa shape index (κ1) is 19.2. The highest BCUT2D eigenvalue weighted by molar-refractivity contribution is 5.94. The SMILES string of the molecule is O=C(c1cccc(C(F)(F)F)c1)N1CCC(Oc2cnc3ccccc3n2)CC1. The van der Waals surface area contributed by atoms with Crippen LogP contribution in [0, 0.1) is 0 Å². The number of rotatable bonds is 3. The maximum Gasteiger partial charge on any atom is 0.416 e. The van der Waals surface area contributed by atoms with Crippen molar-refractivity contribution in [2.45, 2.75) is 25.1 Å². The molecule has 5 nitrogen and oxygen atoms in total. The van der Waals surface area contributed by atoms with Crippen LogP contribution < -0.4 is 4.74 Å². The van der Waals surface area contributed by atoms with Gasteiger partial charge in [0, 0.05) is 31.5 Å². The van der Waals surface area contributed by atoms with E-state index in [4.69, 9.17) is 4.74 Å². The van der Waals surface area contributed by atoms with Crippen molar-refractivity contribution in [1.29, 1.82) is 0 Å². The van der Waals surface area contributed by atoms with Crippen LogP contribution in [0.4, 0.5) is 13.2 Å². The summed E-state index contributed by atoms with van der Waals surface area (Å²) >= 11 is 0. The Bertz CT molecular complexity index is 1030. The van der Waals surface area contributed by atoms with E-state index in [9.17, 15) is 18.0 Å². The van der Waals surface area contributed by atoms with Crippen molar-refractivity contribution >= 4 is 16.9 Å². The second-order valence-electron chi connectivity index (χ2n) is 6.88. The van der Waals surface area contributed by atoms with E-state index in [1.165, 1.54) is 12.1 Å². The fourth-order valence-corrected chi connectivity index (χ4v) is 3.36. The molecule has 150 valence electrons. The van der Waals surface area contributed by atoms with Gasteiger partial charge < -0.3 is 9.64 Å². The highest BCUT2D eigenvalue weighted by atomic mass is 19.4. The van der Waals surface area contributed by atoms with Crippen LogP contribution in [0.2, 0.25) is 0 Å². The van der Waals surface area contributed by atoms with Gasteiger partial charge in [0.1, 0.15) is 6.10 Å². The lowest BCUT2D eigenvalue weighted by Gasteiger charge is -2.32. The van der Waals surface area contributed by atoms with Gasteiger partial charge in [-0.1, -0.05) is 18.2 Å². The Kier molecular flexibility index (Phi) is 5.08. The van der Waals surface area contributed by atoms with Crippen molar-refractivity contribution in [2.75, 3.05) is 13.1 Å². The van der Waals surface area contributed by atoms with E-state index in [0.717, 1.165) is 23.2 Å². The normalized spacial score (nSPS) is 15.5. The minimum Gasteiger partial charge on any atom is -0.473 e. The molecule has 1 aliphatic heterocycles. The topological polar surface area (TPSA) is 55.3 Å². The summed E-state index contributed by atoms with van der Waals surface area (Å²) in [5.41, 5.74) is 0.736. The van der Waals surface area contributed by atoms with Crippen molar-refractivity contribution in [3.05, 3.63) is 65.9 Å². The monoisotopic (exact) mass is 401 g/mol. The van der Waals surface area contributed by atoms with Crippen LogP contribution in [0.3, 0.4) is 0 Å². The van der Waals surface area contributed by atoms with Crippen molar-refractivity contribution in [3.8, 4) is 5.88 Å². The van der Waals surface area contributed by atoms with Crippen molar-refractivity contribution in [2.24, 2.45) is 0 Å². The van der Waals surface area contributed by atoms with Gasteiger partial charge in [-0.05, 0) is 30.3 Å². The van der Waals surface area contributed by atoms with Crippen LogP contribution in [0.25, 0.3) is 11.0 Å². The lowest BCUT2D eigenvalue weighted by Crippen LogP contribution is -2.41. The van der Waals surface area contributed by atoms with Gasteiger partial charge in [0.2, 0.25) is 5.88 Å². The van der Waals surface area contributed by atoms with Crippen LogP contribution in [0.1, 0.15) is 28.8 Å². The number of para-hydroxylation sites is 2. The van der Waals surface area contributed by atoms with Gasteiger partial charge in [0.15, 0.2) is 0 Å². The lowest BCUT2D eigenvalue weighted by molar-refractivity contribution is -0.137. The van der Waals surface area contributed by atoms with E-state index >= 15 is 0 Å². The predicted molar refractivity (Wildman–Crippen MR) is 101 cm³/mol. The Balaban J connectivity index is 1.38. The first-order chi connectivity index (χ1) is 13.9. The fourth-order valence-electron chi connectivity index (χ4n) is 3.36. The smallest absolute Gasteiger partial charge is 0.416 e. The minimum atomic E-state index is -4.47. The predicted octanol–water partition coefficient (Wildman–Crippen LogP) is 4.33. The Labute approximate surface area is 165 Å². The Morgan fingerprint density at radius 3 is 2.48 bits per heavy atom. The molecule has 0 aliphatic carbocycles. The van der Waals surface area contributed by atoms with E-state index in [1.807, 2.05) is 24.3 Å². The first-order valence-electron chi connectivity index (χ1n) is 9.25. The molecule has 1 amide bonds. The molecule has 2 heterocycles. The summed E-state index contributed by atoms with van der Waals surface area (Å²) in [5, 5.41) is 0. The lowest BCUT2D eigenvalue weighted by atomic mass is 10.0. The molecule has 29 heavy (non-hydrogen) atoms. The number of alkyl halides is 3. The molecule has 0 spiro atoms. The summed E-state index contributed by atoms with van der Waals surface area (Å²) in [5.74, 6) is 0.0198. The molecule has 4 rings (SSSR count). The summed E-state index contributed by atoms with van der Waals surface area (Å²) in [6.07, 6.45) is -1.89. The van der Waals surface area contributed by atoms with Gasteiger partial charge >= 0.3 is 6.18 Å². The van der Waals surface area contributed by atoms with E-state index in [2.05, 4.69) is 9.97 Å². The molecule has 1 aromatic heterocycles. The zero-order valence-electron chi connectivity index (χ0n) is 15.4. The number of benzene rings is 2. The maximum atomic E-state index is 12.9. The molecule has 0 N–H and O–H groups in total. The van der Waals surface area contributed by atoms with Crippen molar-refractivity contribution in [3.63, 3.8) is 0 Å². The van der Waals surface area contributed by atoms with Crippen molar-refractivity contribution in [1.82, 2.24) is 14.9 Å². The summed E-state index contributed by atoms with van der Waals surface area (Å²) in [4.78, 5) is 22.9. The second kappa shape index (κ2) is 7.69. The molecule has 0 radical (unpaired) electrons. The molecule has 0 unspecified atom stereocenters. The van der Waals surface area contributed by atoms with Gasteiger partial charge in [-0.25, -0.2) is 9.97 Å². The van der Waals surface area contributed by atoms with E-state index in [1.54, 1.807) is 11.1 Å². The number of likely N-dealkylation sites (tertiary alicyclic amines) is 1. The molecular formula is C21H18F3N3O2. The molecule has 0 atom stereocenters. The van der Waals surface area contributed by atoms with Gasteiger partial charge in [0.25, 0.3) is 5.91 Å². The number of fused-ring (bicyclic) bond motifs is 1. The average Bonchev–Trinajstić information content (AvgIpc) is 2.73. The molecule has 8 heteroatoms. The van der Waals surface area contributed by atoms with Gasteiger partial charge in [-0.3, -0.25) is 4.79 Å². The number of aromatic nitrogens is 2. The third-order valence-corrected chi connectivity index (χ3v) is 4.88. The van der Waals surface area contributed by atoms with E-state index in [-0.39, 0.29) is 11.7 Å². The molecular weight excluding hydrogens is 383 g/mol. The zero-order chi connectivity index (χ0) is 20.4. The maximum absolute atomic E-state index is 12.9. The number of amides is 1. The number of hydrogen-bond donors (Lipinski definition) is 0. The zero-order valence-corrected chi connectivity index (χ0v) is 15.4. The van der Waals surface area contributed by atoms with Gasteiger partial charge in [-0.2, -0.15) is 13.2 Å². The Morgan fingerprint density at radius 1 is 1.03 bits per heavy atom. The Hall–Kier alpha value is -3.16. The first-order valence-corrected chi connectivity index (χ1v) is 9.25. The third-order valence-electron chi connectivity index (χ3n) is 4.88. The second-order valence-corrected chi connectivity index (χ2v) is 6.88. The summed E-state index contributed by atoms with van der Waals surface area (Å²) in [6, 6.07) is 12.0. The Morgan fingerprint density at radius 2 is 1.76 bits per heavy atom. The number of ether oxygens (including phenoxy) is 1. The third kappa shape index (κ3) is 4.31. The molecule has 0 saturated carbocycles. The molecule has 2 aromatic carbocycles. The highest BCUT2D eigenvalue weighted by Crippen LogP contribution is 2.30. The molecule has 1 aliphatic rings. The van der Waals surface area contributed by atoms with E-state index < -0.39 is 17.6 Å². The van der Waals surface area contributed by atoms with Crippen LogP contribution in [0.15, 0.2) is 54.7 Å². The quantitative estimate of drug-likeness (QED) is 0.656. The van der Waals surface area contributed by atoms with Crippen LogP contribution in [0.5, 0.6) is 5.88 Å². The van der Waals surface area contributed by atoms with Crippen molar-refractivity contribution < 1.29 is 22.7 Å². The van der Waals surface area contributed by atoms with E-state index in [0.29, 0.717) is 31.8 Å². The van der Waals surface area contributed by atoms with Gasteiger partial charge in [-0.15, -0.1) is 0 Å². The summed E-state index contributed by atoms with van der Waals surface area (Å²) < 4.78 is 44.5. The molecule has 3 aromatic rings. The number of carbonyl (C=O) groups excluding carboxylic acids is 1. The largest absolute Gasteiger partial charge is 0.473 e. The molecule has 1 fully saturated rings. The molecule has 0 bridgehead atoms. The number of hydrogen-bond acceptors (Lipinski definition) is 4. The number of piperidine rings is 1. The van der Waals surface area contributed by atoms with Crippen LogP contribution in [-0.2, 0) is 6.18 Å². The van der Waals surface area contributed by atoms with Crippen LogP contribution in [-0.4, -0.2) is 40.0 Å². The van der Waals surface area contributed by atoms with Gasteiger partial charge in [0.05, 0.1) is 22.8 Å². The number of nitrogens with zero attached hydrogens (tertiary/aromatic N) is 3. The highest BCUT2D eigenvalue weighted by Gasteiger charge is 2.32. The summed E-state index contributed by atoms with van der Waals surface area (Å²) in [7, 11) is 0. The standard InChI is InChI=1S/C21H18F3N3O2/c22-21(23,24)15-5-3-4-14(12-15)20(28)27-10-8-16(9-11-27)29-19-13-25-17-6-1-2-7-18(17)26-19/h1-7,12-13,16H,8-11H2. The summed E-state index contributed by atoms with van der Waals surface area (Å²) in [6.45, 7) is 0.807. The minimum absolute atomic E-state index is 0.0413. The number of carbonyl (C=O) groups is 1. The molecule has 1 saturated heterocycles. The fraction of sp³-hybridized carbons (Fsp3) is 0.286. The number of halogens is 3.